The van der Waals surface area contributed by atoms with Crippen molar-refractivity contribution < 1.29 is 0 Å². The van der Waals surface area contributed by atoms with Gasteiger partial charge in [0.15, 0.2) is 17.5 Å². The third-order valence-corrected chi connectivity index (χ3v) is 2.93. The quantitative estimate of drug-likeness (QED) is 0.550. The van der Waals surface area contributed by atoms with Gasteiger partial charge < -0.3 is 0 Å². The Morgan fingerprint density at radius 2 is 0.583 bits per heavy atom. The van der Waals surface area contributed by atoms with Crippen LogP contribution in [0.3, 0.4) is 0 Å². The minimum absolute atomic E-state index is 0.301. The standard InChI is InChI=1S/C15H9N9/c1-4-16-10(17-5-1)13-22-14(11-18-6-2-7-19-11)24-15(23-13)12-20-8-3-9-21-12/h1-9H. The summed E-state index contributed by atoms with van der Waals surface area (Å²) in [4.78, 5) is 38.2. The van der Waals surface area contributed by atoms with E-state index in [0.717, 1.165) is 0 Å². The summed E-state index contributed by atoms with van der Waals surface area (Å²) in [6.07, 6.45) is 9.69. The summed E-state index contributed by atoms with van der Waals surface area (Å²) in [6.45, 7) is 0. The zero-order valence-corrected chi connectivity index (χ0v) is 12.2. The van der Waals surface area contributed by atoms with Gasteiger partial charge in [-0.2, -0.15) is 0 Å². The molecule has 0 spiro atoms. The molecule has 0 aliphatic carbocycles. The normalized spacial score (nSPS) is 10.5. The average molecular weight is 315 g/mol. The summed E-state index contributed by atoms with van der Waals surface area (Å²) >= 11 is 0. The van der Waals surface area contributed by atoms with Crippen molar-refractivity contribution in [2.24, 2.45) is 0 Å². The number of hydrogen-bond acceptors (Lipinski definition) is 9. The molecule has 9 heteroatoms. The summed E-state index contributed by atoms with van der Waals surface area (Å²) < 4.78 is 0. The number of hydrogen-bond donors (Lipinski definition) is 0. The summed E-state index contributed by atoms with van der Waals surface area (Å²) in [5.41, 5.74) is 0. The molecule has 4 aromatic rings. The SMILES string of the molecule is c1cnc(-c2nc(-c3ncccn3)nc(-c3ncccn3)n2)nc1. The van der Waals surface area contributed by atoms with Gasteiger partial charge in [0.25, 0.3) is 0 Å². The molecule has 24 heavy (non-hydrogen) atoms. The van der Waals surface area contributed by atoms with Gasteiger partial charge in [-0.15, -0.1) is 0 Å². The van der Waals surface area contributed by atoms with Crippen molar-refractivity contribution in [3.8, 4) is 34.9 Å². The molecule has 0 aliphatic heterocycles. The van der Waals surface area contributed by atoms with Crippen LogP contribution in [0.5, 0.6) is 0 Å². The fraction of sp³-hybridized carbons (Fsp3) is 0. The smallest absolute Gasteiger partial charge is 0.202 e. The van der Waals surface area contributed by atoms with Gasteiger partial charge in [0.05, 0.1) is 0 Å². The van der Waals surface area contributed by atoms with Crippen molar-refractivity contribution in [3.05, 3.63) is 55.4 Å². The van der Waals surface area contributed by atoms with Crippen molar-refractivity contribution in [2.75, 3.05) is 0 Å². The summed E-state index contributed by atoms with van der Waals surface area (Å²) in [6, 6.07) is 5.15. The van der Waals surface area contributed by atoms with E-state index in [-0.39, 0.29) is 0 Å². The van der Waals surface area contributed by atoms with E-state index in [1.54, 1.807) is 55.4 Å². The third-order valence-electron chi connectivity index (χ3n) is 2.93. The molecule has 0 radical (unpaired) electrons. The van der Waals surface area contributed by atoms with Gasteiger partial charge in [0.2, 0.25) is 17.5 Å². The highest BCUT2D eigenvalue weighted by atomic mass is 15.1. The van der Waals surface area contributed by atoms with Crippen molar-refractivity contribution >= 4 is 0 Å². The van der Waals surface area contributed by atoms with Gasteiger partial charge in [0, 0.05) is 37.2 Å². The lowest BCUT2D eigenvalue weighted by molar-refractivity contribution is 0.983. The predicted molar refractivity (Wildman–Crippen MR) is 82.9 cm³/mol. The molecule has 0 atom stereocenters. The third kappa shape index (κ3) is 2.77. The molecule has 114 valence electrons. The van der Waals surface area contributed by atoms with Crippen LogP contribution in [0.15, 0.2) is 55.4 Å². The highest BCUT2D eigenvalue weighted by Crippen LogP contribution is 2.18. The molecule has 0 saturated heterocycles. The number of aromatic nitrogens is 9. The van der Waals surface area contributed by atoms with Crippen LogP contribution in [0, 0.1) is 0 Å². The molecule has 0 amide bonds. The largest absolute Gasteiger partial charge is 0.234 e. The first-order valence-electron chi connectivity index (χ1n) is 6.98. The van der Waals surface area contributed by atoms with Gasteiger partial charge in [-0.1, -0.05) is 0 Å². The molecule has 9 nitrogen and oxygen atoms in total. The zero-order chi connectivity index (χ0) is 16.2. The van der Waals surface area contributed by atoms with Crippen LogP contribution in [0.25, 0.3) is 34.9 Å². The maximum atomic E-state index is 4.37. The second-order valence-corrected chi connectivity index (χ2v) is 4.52. The van der Waals surface area contributed by atoms with E-state index < -0.39 is 0 Å². The van der Waals surface area contributed by atoms with Crippen LogP contribution in [0.1, 0.15) is 0 Å². The van der Waals surface area contributed by atoms with Crippen LogP contribution < -0.4 is 0 Å². The van der Waals surface area contributed by atoms with Crippen LogP contribution in [0.4, 0.5) is 0 Å². The van der Waals surface area contributed by atoms with E-state index in [1.165, 1.54) is 0 Å². The van der Waals surface area contributed by atoms with E-state index in [2.05, 4.69) is 44.9 Å². The number of rotatable bonds is 3. The maximum absolute atomic E-state index is 4.37. The van der Waals surface area contributed by atoms with E-state index in [0.29, 0.717) is 34.9 Å². The number of nitrogens with zero attached hydrogens (tertiary/aromatic N) is 9. The van der Waals surface area contributed by atoms with Gasteiger partial charge in [-0.05, 0) is 18.2 Å². The van der Waals surface area contributed by atoms with Crippen molar-refractivity contribution in [1.82, 2.24) is 44.9 Å². The second kappa shape index (κ2) is 6.16. The average Bonchev–Trinajstić information content (AvgIpc) is 2.70. The zero-order valence-electron chi connectivity index (χ0n) is 12.2. The molecule has 0 N–H and O–H groups in total. The van der Waals surface area contributed by atoms with Crippen molar-refractivity contribution in [2.45, 2.75) is 0 Å². The second-order valence-electron chi connectivity index (χ2n) is 4.52. The Morgan fingerprint density at radius 3 is 0.833 bits per heavy atom. The molecule has 0 bridgehead atoms. The van der Waals surface area contributed by atoms with Gasteiger partial charge in [-0.3, -0.25) is 0 Å². The minimum atomic E-state index is 0.301. The summed E-state index contributed by atoms with van der Waals surface area (Å²) in [5.74, 6) is 2.01. The lowest BCUT2D eigenvalue weighted by atomic mass is 10.4. The van der Waals surface area contributed by atoms with E-state index >= 15 is 0 Å². The molecular weight excluding hydrogens is 306 g/mol. The Morgan fingerprint density at radius 1 is 0.333 bits per heavy atom. The minimum Gasteiger partial charge on any atom is -0.234 e. The molecular formula is C15H9N9. The molecule has 4 aromatic heterocycles. The molecule has 4 rings (SSSR count). The molecule has 0 saturated carbocycles. The summed E-state index contributed by atoms with van der Waals surface area (Å²) in [5, 5.41) is 0. The first-order valence-corrected chi connectivity index (χ1v) is 6.98. The predicted octanol–water partition coefficient (Wildman–Crippen LogP) is 1.24. The van der Waals surface area contributed by atoms with Gasteiger partial charge >= 0.3 is 0 Å². The molecule has 0 aliphatic rings. The lowest BCUT2D eigenvalue weighted by Crippen LogP contribution is -2.05. The monoisotopic (exact) mass is 315 g/mol. The van der Waals surface area contributed by atoms with Gasteiger partial charge in [0.1, 0.15) is 0 Å². The first kappa shape index (κ1) is 13.9. The Bertz CT molecular complexity index is 807. The maximum Gasteiger partial charge on any atom is 0.202 e. The summed E-state index contributed by atoms with van der Waals surface area (Å²) in [7, 11) is 0. The van der Waals surface area contributed by atoms with E-state index in [1.807, 2.05) is 0 Å². The Kier molecular flexibility index (Phi) is 3.57. The van der Waals surface area contributed by atoms with Crippen LogP contribution in [0.2, 0.25) is 0 Å². The van der Waals surface area contributed by atoms with Crippen molar-refractivity contribution in [3.63, 3.8) is 0 Å². The molecule has 0 fully saturated rings. The highest BCUT2D eigenvalue weighted by Gasteiger charge is 2.15. The highest BCUT2D eigenvalue weighted by molar-refractivity contribution is 5.56. The molecule has 4 heterocycles. The molecule has 0 aromatic carbocycles. The van der Waals surface area contributed by atoms with Crippen molar-refractivity contribution in [1.29, 1.82) is 0 Å². The molecule has 0 unspecified atom stereocenters. The van der Waals surface area contributed by atoms with E-state index in [9.17, 15) is 0 Å². The topological polar surface area (TPSA) is 116 Å². The lowest BCUT2D eigenvalue weighted by Gasteiger charge is -2.04. The first-order chi connectivity index (χ1) is 11.9. The van der Waals surface area contributed by atoms with Gasteiger partial charge in [-0.25, -0.2) is 44.9 Å². The fourth-order valence-corrected chi connectivity index (χ4v) is 1.92. The Hall–Kier alpha value is -3.75. The van der Waals surface area contributed by atoms with Crippen LogP contribution >= 0.6 is 0 Å². The van der Waals surface area contributed by atoms with E-state index in [4.69, 9.17) is 0 Å². The fourth-order valence-electron chi connectivity index (χ4n) is 1.92. The van der Waals surface area contributed by atoms with Crippen LogP contribution in [-0.2, 0) is 0 Å². The Labute approximate surface area is 136 Å². The van der Waals surface area contributed by atoms with Crippen LogP contribution in [-0.4, -0.2) is 44.9 Å². The Balaban J connectivity index is 1.92.